The van der Waals surface area contributed by atoms with Crippen LogP contribution in [-0.4, -0.2) is 21.6 Å². The number of nitrogens with one attached hydrogen (secondary N) is 1. The van der Waals surface area contributed by atoms with Gasteiger partial charge in [0.1, 0.15) is 5.52 Å². The highest BCUT2D eigenvalue weighted by atomic mass is 15.7. The largest absolute Gasteiger partial charge is 0.396 e. The molecule has 0 bridgehead atoms. The van der Waals surface area contributed by atoms with E-state index in [9.17, 15) is 0 Å². The summed E-state index contributed by atoms with van der Waals surface area (Å²) in [7, 11) is 1.82. The number of hydrogen-bond donors (Lipinski definition) is 2. The van der Waals surface area contributed by atoms with Crippen LogP contribution in [0.25, 0.3) is 5.52 Å². The summed E-state index contributed by atoms with van der Waals surface area (Å²) >= 11 is 0. The van der Waals surface area contributed by atoms with Crippen LogP contribution in [0.4, 0.5) is 5.69 Å². The number of anilines is 1. The molecule has 11 heavy (non-hydrogen) atoms. The van der Waals surface area contributed by atoms with Crippen molar-refractivity contribution in [3.05, 3.63) is 18.5 Å². The topological polar surface area (TPSA) is 60.3 Å². The second-order valence-corrected chi connectivity index (χ2v) is 2.26. The van der Waals surface area contributed by atoms with E-state index in [0.29, 0.717) is 5.69 Å². The average molecular weight is 151 g/mol. The fraction of sp³-hybridized carbons (Fsp3) is 0.167. The van der Waals surface area contributed by atoms with E-state index in [1.54, 1.807) is 15.6 Å². The Balaban J connectivity index is 2.77. The molecule has 3 N–H and O–H groups in total. The highest BCUT2D eigenvalue weighted by Gasteiger charge is 2.02. The summed E-state index contributed by atoms with van der Waals surface area (Å²) in [5.41, 5.74) is 10.2. The van der Waals surface area contributed by atoms with E-state index in [4.69, 9.17) is 5.73 Å². The van der Waals surface area contributed by atoms with Gasteiger partial charge in [0, 0.05) is 13.2 Å². The molecule has 0 spiro atoms. The Labute approximate surface area is 63.4 Å². The molecule has 0 aromatic carbocycles. The quantitative estimate of drug-likeness (QED) is 0.598. The molecule has 58 valence electrons. The minimum absolute atomic E-state index is 0.694. The van der Waals surface area contributed by atoms with Crippen LogP contribution in [0.2, 0.25) is 0 Å². The fourth-order valence-electron chi connectivity index (χ4n) is 1.07. The molecule has 2 rings (SSSR count). The second kappa shape index (κ2) is 1.91. The number of aromatic nitrogens is 3. The minimum atomic E-state index is 0.694. The Hall–Kier alpha value is -1.65. The summed E-state index contributed by atoms with van der Waals surface area (Å²) in [6, 6.07) is 1.90. The van der Waals surface area contributed by atoms with E-state index >= 15 is 0 Å². The van der Waals surface area contributed by atoms with E-state index in [1.807, 2.05) is 19.3 Å². The molecule has 2 aromatic rings. The Morgan fingerprint density at radius 3 is 3.18 bits per heavy atom. The maximum Gasteiger partial charge on any atom is 0.112 e. The minimum Gasteiger partial charge on any atom is -0.396 e. The predicted molar refractivity (Wildman–Crippen MR) is 42.9 cm³/mol. The average Bonchev–Trinajstić information content (AvgIpc) is 2.53. The monoisotopic (exact) mass is 151 g/mol. The van der Waals surface area contributed by atoms with E-state index in [1.165, 1.54) is 0 Å². The van der Waals surface area contributed by atoms with Crippen molar-refractivity contribution < 1.29 is 0 Å². The van der Waals surface area contributed by atoms with Crippen LogP contribution in [0.5, 0.6) is 0 Å². The Morgan fingerprint density at radius 1 is 1.64 bits per heavy atom. The van der Waals surface area contributed by atoms with Crippen molar-refractivity contribution >= 4 is 11.2 Å². The molecule has 5 heteroatoms. The zero-order valence-corrected chi connectivity index (χ0v) is 6.15. The van der Waals surface area contributed by atoms with Crippen molar-refractivity contribution in [2.45, 2.75) is 0 Å². The smallest absolute Gasteiger partial charge is 0.112 e. The molecule has 0 aliphatic carbocycles. The summed E-state index contributed by atoms with van der Waals surface area (Å²) in [6.07, 6.45) is 3.49. The van der Waals surface area contributed by atoms with Gasteiger partial charge >= 0.3 is 0 Å². The number of hydrogen-bond acceptors (Lipinski definition) is 3. The lowest BCUT2D eigenvalue weighted by Gasteiger charge is -1.99. The van der Waals surface area contributed by atoms with Crippen molar-refractivity contribution in [2.24, 2.45) is 0 Å². The molecular weight excluding hydrogens is 142 g/mol. The standard InChI is InChI=1S/C6H9N5/c1-8-10-3-2-6-5(7)4-9-11(6)10/h2-4,8H,7H2,1H3. The molecule has 0 fully saturated rings. The molecule has 0 amide bonds. The van der Waals surface area contributed by atoms with Crippen molar-refractivity contribution in [3.8, 4) is 0 Å². The third kappa shape index (κ3) is 0.674. The van der Waals surface area contributed by atoms with Gasteiger partial charge in [-0.3, -0.25) is 0 Å². The molecule has 0 saturated heterocycles. The Bertz CT molecular complexity index is 371. The highest BCUT2D eigenvalue weighted by Crippen LogP contribution is 2.10. The molecule has 0 aliphatic heterocycles. The van der Waals surface area contributed by atoms with Crippen molar-refractivity contribution in [3.63, 3.8) is 0 Å². The third-order valence-corrected chi connectivity index (χ3v) is 1.62. The van der Waals surface area contributed by atoms with Crippen LogP contribution in [0, 0.1) is 0 Å². The third-order valence-electron chi connectivity index (χ3n) is 1.62. The van der Waals surface area contributed by atoms with Crippen LogP contribution in [0.3, 0.4) is 0 Å². The SMILES string of the molecule is CNn1ccc2c(N)cnn21. The highest BCUT2D eigenvalue weighted by molar-refractivity contribution is 5.67. The molecule has 0 aliphatic rings. The summed E-state index contributed by atoms with van der Waals surface area (Å²) in [6.45, 7) is 0. The van der Waals surface area contributed by atoms with E-state index < -0.39 is 0 Å². The molecule has 0 saturated carbocycles. The number of nitrogens with zero attached hydrogens (tertiary/aromatic N) is 3. The van der Waals surface area contributed by atoms with Crippen molar-refractivity contribution in [2.75, 3.05) is 18.2 Å². The van der Waals surface area contributed by atoms with Crippen LogP contribution >= 0.6 is 0 Å². The summed E-state index contributed by atoms with van der Waals surface area (Å²) in [4.78, 5) is 1.74. The first-order valence-corrected chi connectivity index (χ1v) is 3.31. The van der Waals surface area contributed by atoms with Gasteiger partial charge in [0.05, 0.1) is 11.9 Å². The lowest BCUT2D eigenvalue weighted by molar-refractivity contribution is 0.649. The van der Waals surface area contributed by atoms with Gasteiger partial charge in [0.25, 0.3) is 0 Å². The maximum absolute atomic E-state index is 5.62. The van der Waals surface area contributed by atoms with Crippen LogP contribution in [-0.2, 0) is 0 Å². The van der Waals surface area contributed by atoms with Gasteiger partial charge in [-0.1, -0.05) is 0 Å². The molecule has 0 radical (unpaired) electrons. The first-order chi connectivity index (χ1) is 5.33. The van der Waals surface area contributed by atoms with E-state index in [0.717, 1.165) is 5.52 Å². The van der Waals surface area contributed by atoms with Gasteiger partial charge in [0.15, 0.2) is 0 Å². The van der Waals surface area contributed by atoms with Crippen LogP contribution < -0.4 is 11.2 Å². The molecular formula is C6H9N5. The first kappa shape index (κ1) is 6.09. The zero-order valence-electron chi connectivity index (χ0n) is 6.15. The maximum atomic E-state index is 5.62. The van der Waals surface area contributed by atoms with Crippen LogP contribution in [0.15, 0.2) is 18.5 Å². The first-order valence-electron chi connectivity index (χ1n) is 3.31. The molecule has 2 heterocycles. The van der Waals surface area contributed by atoms with Gasteiger partial charge in [-0.2, -0.15) is 14.5 Å². The van der Waals surface area contributed by atoms with Gasteiger partial charge < -0.3 is 11.2 Å². The van der Waals surface area contributed by atoms with Gasteiger partial charge in [-0.05, 0) is 6.07 Å². The van der Waals surface area contributed by atoms with Gasteiger partial charge in [-0.15, -0.1) is 0 Å². The molecule has 0 atom stereocenters. The lowest BCUT2D eigenvalue weighted by Crippen LogP contribution is -2.14. The van der Waals surface area contributed by atoms with E-state index in [-0.39, 0.29) is 0 Å². The Morgan fingerprint density at radius 2 is 2.45 bits per heavy atom. The molecule has 0 unspecified atom stereocenters. The zero-order chi connectivity index (χ0) is 7.84. The van der Waals surface area contributed by atoms with Crippen LogP contribution in [0.1, 0.15) is 0 Å². The number of nitrogen functional groups attached to an aromatic ring is 1. The number of rotatable bonds is 1. The molecule has 2 aromatic heterocycles. The van der Waals surface area contributed by atoms with E-state index in [2.05, 4.69) is 10.5 Å². The lowest BCUT2D eigenvalue weighted by atomic mass is 10.4. The number of fused-ring (bicyclic) bond motifs is 1. The van der Waals surface area contributed by atoms with Gasteiger partial charge in [0.2, 0.25) is 0 Å². The Kier molecular flexibility index (Phi) is 1.06. The summed E-state index contributed by atoms with van der Waals surface area (Å²) in [5.74, 6) is 0. The van der Waals surface area contributed by atoms with Gasteiger partial charge in [-0.25, -0.2) is 0 Å². The fourth-order valence-corrected chi connectivity index (χ4v) is 1.07. The summed E-state index contributed by atoms with van der Waals surface area (Å²) in [5, 5.41) is 4.04. The van der Waals surface area contributed by atoms with Crippen molar-refractivity contribution in [1.82, 2.24) is 14.5 Å². The second-order valence-electron chi connectivity index (χ2n) is 2.26. The number of nitrogens with two attached hydrogens (primary N) is 1. The summed E-state index contributed by atoms with van der Waals surface area (Å²) < 4.78 is 1.69. The van der Waals surface area contributed by atoms with Crippen molar-refractivity contribution in [1.29, 1.82) is 0 Å². The molecule has 5 nitrogen and oxygen atoms in total. The normalized spacial score (nSPS) is 10.6. The predicted octanol–water partition coefficient (Wildman–Crippen LogP) is -0.109.